The lowest BCUT2D eigenvalue weighted by Crippen LogP contribution is -2.46. The van der Waals surface area contributed by atoms with Gasteiger partial charge in [0.2, 0.25) is 5.91 Å². The van der Waals surface area contributed by atoms with Crippen molar-refractivity contribution in [3.63, 3.8) is 0 Å². The molecule has 1 aliphatic heterocycles. The van der Waals surface area contributed by atoms with Crippen LogP contribution in [0.3, 0.4) is 0 Å². The van der Waals surface area contributed by atoms with E-state index in [0.717, 1.165) is 6.42 Å². The molecule has 0 aromatic carbocycles. The Morgan fingerprint density at radius 2 is 2.00 bits per heavy atom. The molecule has 1 heterocycles. The summed E-state index contributed by atoms with van der Waals surface area (Å²) in [6.45, 7) is 10.4. The number of carbonyl (C=O) groups is 2. The van der Waals surface area contributed by atoms with Crippen LogP contribution < -0.4 is 0 Å². The highest BCUT2D eigenvalue weighted by Gasteiger charge is 2.41. The number of thioether (sulfide) groups is 1. The minimum absolute atomic E-state index is 0.0146. The van der Waals surface area contributed by atoms with Gasteiger partial charge in [-0.15, -0.1) is 11.8 Å². The molecule has 3 unspecified atom stereocenters. The maximum Gasteiger partial charge on any atom is 0.327 e. The van der Waals surface area contributed by atoms with Gasteiger partial charge in [0.25, 0.3) is 0 Å². The second-order valence-corrected chi connectivity index (χ2v) is 7.53. The van der Waals surface area contributed by atoms with Crippen molar-refractivity contribution in [3.8, 4) is 0 Å². The van der Waals surface area contributed by atoms with Gasteiger partial charge in [-0.2, -0.15) is 0 Å². The summed E-state index contributed by atoms with van der Waals surface area (Å²) in [6.07, 6.45) is 1.22. The van der Waals surface area contributed by atoms with Crippen LogP contribution in [-0.2, 0) is 9.59 Å². The molecule has 1 fully saturated rings. The summed E-state index contributed by atoms with van der Waals surface area (Å²) in [5, 5.41) is 9.25. The Hall–Kier alpha value is -0.710. The average Bonchev–Trinajstić information content (AvgIpc) is 2.70. The molecule has 1 aliphatic rings. The molecule has 19 heavy (non-hydrogen) atoms. The normalized spacial score (nSPS) is 25.4. The van der Waals surface area contributed by atoms with E-state index in [2.05, 4.69) is 27.7 Å². The molecular weight excluding hydrogens is 262 g/mol. The molecule has 0 aromatic heterocycles. The molecule has 0 aliphatic carbocycles. The Bertz CT molecular complexity index is 351. The first-order valence-electron chi connectivity index (χ1n) is 6.84. The fraction of sp³-hybridized carbons (Fsp3) is 0.857. The molecule has 0 spiro atoms. The summed E-state index contributed by atoms with van der Waals surface area (Å²) in [5.74, 6) is -0.173. The van der Waals surface area contributed by atoms with Gasteiger partial charge in [0, 0.05) is 12.2 Å². The topological polar surface area (TPSA) is 57.6 Å². The predicted octanol–water partition coefficient (Wildman–Crippen LogP) is 2.82. The Kier molecular flexibility index (Phi) is 5.30. The first-order valence-corrected chi connectivity index (χ1v) is 7.89. The summed E-state index contributed by atoms with van der Waals surface area (Å²) in [5.41, 5.74) is 0.0585. The number of amides is 1. The molecule has 3 atom stereocenters. The quantitative estimate of drug-likeness (QED) is 0.864. The number of hydrogen-bond donors (Lipinski definition) is 1. The number of nitrogens with zero attached hydrogens (tertiary/aromatic N) is 1. The highest BCUT2D eigenvalue weighted by Crippen LogP contribution is 2.34. The van der Waals surface area contributed by atoms with Crippen LogP contribution in [0, 0.1) is 11.3 Å². The molecule has 0 radical (unpaired) electrons. The molecule has 5 heteroatoms. The fourth-order valence-corrected chi connectivity index (χ4v) is 3.44. The summed E-state index contributed by atoms with van der Waals surface area (Å²) >= 11 is 1.57. The van der Waals surface area contributed by atoms with E-state index in [0.29, 0.717) is 12.2 Å². The monoisotopic (exact) mass is 287 g/mol. The van der Waals surface area contributed by atoms with Crippen molar-refractivity contribution in [2.24, 2.45) is 11.3 Å². The molecule has 1 saturated heterocycles. The lowest BCUT2D eigenvalue weighted by molar-refractivity contribution is -0.149. The highest BCUT2D eigenvalue weighted by atomic mass is 32.2. The third-order valence-corrected chi connectivity index (χ3v) is 5.43. The zero-order valence-corrected chi connectivity index (χ0v) is 13.3. The first-order chi connectivity index (χ1) is 8.68. The van der Waals surface area contributed by atoms with Gasteiger partial charge in [0.05, 0.1) is 5.37 Å². The van der Waals surface area contributed by atoms with Gasteiger partial charge in [-0.05, 0) is 17.8 Å². The van der Waals surface area contributed by atoms with Gasteiger partial charge < -0.3 is 10.0 Å². The van der Waals surface area contributed by atoms with Gasteiger partial charge in [0.15, 0.2) is 0 Å². The lowest BCUT2D eigenvalue weighted by atomic mass is 9.80. The van der Waals surface area contributed by atoms with Gasteiger partial charge in [0.1, 0.15) is 6.04 Å². The molecule has 1 rings (SSSR count). The van der Waals surface area contributed by atoms with E-state index in [1.54, 1.807) is 16.7 Å². The molecule has 1 N–H and O–H groups in total. The van der Waals surface area contributed by atoms with E-state index in [4.69, 9.17) is 0 Å². The van der Waals surface area contributed by atoms with E-state index in [1.807, 2.05) is 6.92 Å². The Balaban J connectivity index is 2.79. The number of rotatable bonds is 4. The van der Waals surface area contributed by atoms with E-state index < -0.39 is 12.0 Å². The third-order valence-electron chi connectivity index (χ3n) is 3.97. The van der Waals surface area contributed by atoms with Gasteiger partial charge in [-0.3, -0.25) is 4.79 Å². The van der Waals surface area contributed by atoms with Crippen molar-refractivity contribution in [2.45, 2.75) is 58.9 Å². The summed E-state index contributed by atoms with van der Waals surface area (Å²) in [4.78, 5) is 25.3. The van der Waals surface area contributed by atoms with Crippen LogP contribution in [0.25, 0.3) is 0 Å². The average molecular weight is 287 g/mol. The Morgan fingerprint density at radius 1 is 1.42 bits per heavy atom. The van der Waals surface area contributed by atoms with Gasteiger partial charge in [-0.1, -0.05) is 34.6 Å². The largest absolute Gasteiger partial charge is 0.480 e. The van der Waals surface area contributed by atoms with Crippen LogP contribution in [0.2, 0.25) is 0 Å². The second-order valence-electron chi connectivity index (χ2n) is 6.32. The minimum Gasteiger partial charge on any atom is -0.480 e. The predicted molar refractivity (Wildman–Crippen MR) is 78.0 cm³/mol. The van der Waals surface area contributed by atoms with Crippen molar-refractivity contribution < 1.29 is 14.7 Å². The van der Waals surface area contributed by atoms with Crippen molar-refractivity contribution in [3.05, 3.63) is 0 Å². The molecule has 0 aromatic rings. The maximum absolute atomic E-state index is 12.4. The molecule has 0 saturated carbocycles. The van der Waals surface area contributed by atoms with Gasteiger partial charge >= 0.3 is 5.97 Å². The zero-order chi connectivity index (χ0) is 14.8. The number of carbonyl (C=O) groups excluding carboxylic acids is 1. The highest BCUT2D eigenvalue weighted by molar-refractivity contribution is 8.00. The zero-order valence-electron chi connectivity index (χ0n) is 12.5. The van der Waals surface area contributed by atoms with Crippen LogP contribution in [0.15, 0.2) is 0 Å². The number of aliphatic carboxylic acids is 1. The standard InChI is InChI=1S/C14H25NO3S/c1-6-12-15(10(8-19-12)13(17)18)11(16)7-9(2)14(3,4)5/h9-10,12H,6-8H2,1-5H3,(H,17,18). The van der Waals surface area contributed by atoms with Crippen LogP contribution in [0.5, 0.6) is 0 Å². The lowest BCUT2D eigenvalue weighted by Gasteiger charge is -2.31. The molecule has 1 amide bonds. The van der Waals surface area contributed by atoms with Crippen molar-refractivity contribution in [1.29, 1.82) is 0 Å². The molecular formula is C14H25NO3S. The van der Waals surface area contributed by atoms with Crippen molar-refractivity contribution >= 4 is 23.6 Å². The first kappa shape index (κ1) is 16.3. The Morgan fingerprint density at radius 3 is 2.42 bits per heavy atom. The van der Waals surface area contributed by atoms with E-state index in [9.17, 15) is 14.7 Å². The number of hydrogen-bond acceptors (Lipinski definition) is 3. The third kappa shape index (κ3) is 3.88. The second kappa shape index (κ2) is 6.16. The molecule has 4 nitrogen and oxygen atoms in total. The fourth-order valence-electron chi connectivity index (χ4n) is 2.08. The van der Waals surface area contributed by atoms with Crippen LogP contribution >= 0.6 is 11.8 Å². The SMILES string of the molecule is CCC1SCC(C(=O)O)N1C(=O)CC(C)C(C)(C)C. The maximum atomic E-state index is 12.4. The van der Waals surface area contributed by atoms with E-state index >= 15 is 0 Å². The smallest absolute Gasteiger partial charge is 0.327 e. The van der Waals surface area contributed by atoms with Crippen molar-refractivity contribution in [2.75, 3.05) is 5.75 Å². The molecule has 110 valence electrons. The summed E-state index contributed by atoms with van der Waals surface area (Å²) < 4.78 is 0. The van der Waals surface area contributed by atoms with Crippen molar-refractivity contribution in [1.82, 2.24) is 4.90 Å². The van der Waals surface area contributed by atoms with E-state index in [1.165, 1.54) is 0 Å². The Labute approximate surface area is 119 Å². The van der Waals surface area contributed by atoms with Crippen LogP contribution in [-0.4, -0.2) is 39.1 Å². The van der Waals surface area contributed by atoms with Gasteiger partial charge in [-0.25, -0.2) is 4.79 Å². The summed E-state index contributed by atoms with van der Waals surface area (Å²) in [7, 11) is 0. The minimum atomic E-state index is -0.889. The molecule has 0 bridgehead atoms. The number of carboxylic acids is 1. The summed E-state index contributed by atoms with van der Waals surface area (Å²) in [6, 6.07) is -0.658. The van der Waals surface area contributed by atoms with Crippen LogP contribution in [0.4, 0.5) is 0 Å². The van der Waals surface area contributed by atoms with Crippen LogP contribution in [0.1, 0.15) is 47.5 Å². The van der Waals surface area contributed by atoms with E-state index in [-0.39, 0.29) is 22.6 Å². The number of carboxylic acid groups (broad SMARTS) is 1.